The van der Waals surface area contributed by atoms with Gasteiger partial charge in [-0.05, 0) is 88.1 Å². The lowest BCUT2D eigenvalue weighted by atomic mass is 9.78. The van der Waals surface area contributed by atoms with Gasteiger partial charge in [0.25, 0.3) is 0 Å². The van der Waals surface area contributed by atoms with Gasteiger partial charge in [0.2, 0.25) is 11.8 Å². The van der Waals surface area contributed by atoms with Gasteiger partial charge in [0, 0.05) is 40.0 Å². The van der Waals surface area contributed by atoms with Crippen LogP contribution in [-0.2, 0) is 43.6 Å². The van der Waals surface area contributed by atoms with Crippen molar-refractivity contribution in [1.29, 1.82) is 0 Å². The molecule has 2 aromatic carbocycles. The molecule has 53 heavy (non-hydrogen) atoms. The smallest absolute Gasteiger partial charge is 0.320 e. The lowest BCUT2D eigenvalue weighted by Gasteiger charge is -2.41. The SMILES string of the molecule is CC#CCOc1ccc(S(=O)(=O)CC2(C(=O)OC(=O)C3(CS(=O)(=O)c4ccc(OCC#CC)cc4)CCN(C(C)=O)CC3)CCN(C(C)=O)CC2)cc1. The van der Waals surface area contributed by atoms with E-state index >= 15 is 0 Å². The van der Waals surface area contributed by atoms with E-state index in [9.17, 15) is 36.0 Å². The first-order valence-electron chi connectivity index (χ1n) is 17.0. The van der Waals surface area contributed by atoms with Crippen LogP contribution in [0.4, 0.5) is 0 Å². The van der Waals surface area contributed by atoms with E-state index < -0.39 is 53.9 Å². The van der Waals surface area contributed by atoms with Gasteiger partial charge < -0.3 is 24.0 Å². The molecular weight excluding hydrogens is 725 g/mol. The molecule has 0 radical (unpaired) electrons. The molecule has 0 atom stereocenters. The Balaban J connectivity index is 1.62. The van der Waals surface area contributed by atoms with Crippen LogP contribution in [0.25, 0.3) is 0 Å². The molecule has 2 heterocycles. The second kappa shape index (κ2) is 17.3. The Morgan fingerprint density at radius 2 is 0.925 bits per heavy atom. The van der Waals surface area contributed by atoms with Gasteiger partial charge in [-0.2, -0.15) is 0 Å². The highest BCUT2D eigenvalue weighted by Crippen LogP contribution is 2.40. The number of benzene rings is 2. The minimum absolute atomic E-state index is 0.0389. The van der Waals surface area contributed by atoms with E-state index in [-0.39, 0.29) is 86.7 Å². The summed E-state index contributed by atoms with van der Waals surface area (Å²) in [5, 5.41) is 0. The molecule has 0 aliphatic carbocycles. The van der Waals surface area contributed by atoms with Crippen molar-refractivity contribution in [1.82, 2.24) is 9.80 Å². The first-order chi connectivity index (χ1) is 25.1. The van der Waals surface area contributed by atoms with E-state index in [2.05, 4.69) is 23.7 Å². The molecule has 2 amide bonds. The van der Waals surface area contributed by atoms with Crippen LogP contribution in [0.1, 0.15) is 53.4 Å². The summed E-state index contributed by atoms with van der Waals surface area (Å²) in [5.74, 6) is 7.48. The largest absolute Gasteiger partial charge is 0.481 e. The van der Waals surface area contributed by atoms with Crippen molar-refractivity contribution in [2.45, 2.75) is 63.2 Å². The number of sulfone groups is 2. The average molecular weight is 769 g/mol. The number of carbonyl (C=O) groups is 4. The highest BCUT2D eigenvalue weighted by molar-refractivity contribution is 7.91. The number of amides is 2. The number of rotatable bonds is 12. The fourth-order valence-corrected chi connectivity index (χ4v) is 10.1. The Bertz CT molecular complexity index is 1870. The zero-order valence-corrected chi connectivity index (χ0v) is 31.9. The molecular formula is C38H44N2O11S2. The van der Waals surface area contributed by atoms with Crippen LogP contribution in [0.5, 0.6) is 11.5 Å². The predicted molar refractivity (Wildman–Crippen MR) is 194 cm³/mol. The Morgan fingerprint density at radius 3 is 1.21 bits per heavy atom. The predicted octanol–water partition coefficient (Wildman–Crippen LogP) is 3.07. The molecule has 0 bridgehead atoms. The van der Waals surface area contributed by atoms with Crippen LogP contribution in [0.3, 0.4) is 0 Å². The second-order valence-electron chi connectivity index (χ2n) is 13.1. The summed E-state index contributed by atoms with van der Waals surface area (Å²) < 4.78 is 71.8. The van der Waals surface area contributed by atoms with Crippen molar-refractivity contribution in [3.05, 3.63) is 48.5 Å². The number of carbonyl (C=O) groups excluding carboxylic acids is 4. The minimum atomic E-state index is -4.17. The number of hydrogen-bond acceptors (Lipinski definition) is 11. The number of nitrogens with zero attached hydrogens (tertiary/aromatic N) is 2. The number of esters is 2. The van der Waals surface area contributed by atoms with Gasteiger partial charge in [-0.15, -0.1) is 11.8 Å². The third-order valence-electron chi connectivity index (χ3n) is 9.66. The topological polar surface area (TPSA) is 171 Å². The molecule has 2 aliphatic rings. The van der Waals surface area contributed by atoms with Gasteiger partial charge in [0.1, 0.15) is 24.7 Å². The summed E-state index contributed by atoms with van der Waals surface area (Å²) in [6.07, 6.45) is -0.458. The normalized spacial score (nSPS) is 16.5. The lowest BCUT2D eigenvalue weighted by molar-refractivity contribution is -0.177. The molecule has 13 nitrogen and oxygen atoms in total. The van der Waals surface area contributed by atoms with Crippen molar-refractivity contribution in [3.63, 3.8) is 0 Å². The highest BCUT2D eigenvalue weighted by Gasteiger charge is 2.52. The summed E-state index contributed by atoms with van der Waals surface area (Å²) in [6.45, 7) is 6.43. The fraction of sp³-hybridized carbons (Fsp3) is 0.474. The van der Waals surface area contributed by atoms with E-state index in [0.29, 0.717) is 11.5 Å². The van der Waals surface area contributed by atoms with Crippen molar-refractivity contribution in [3.8, 4) is 35.2 Å². The summed E-state index contributed by atoms with van der Waals surface area (Å²) in [6, 6.07) is 11.3. The second-order valence-corrected chi connectivity index (χ2v) is 17.1. The number of ether oxygens (including phenoxy) is 3. The first kappa shape index (κ1) is 40.9. The summed E-state index contributed by atoms with van der Waals surface area (Å²) >= 11 is 0. The Labute approximate surface area is 311 Å². The van der Waals surface area contributed by atoms with Crippen molar-refractivity contribution < 1.29 is 50.2 Å². The maximum Gasteiger partial charge on any atom is 0.320 e. The minimum Gasteiger partial charge on any atom is -0.481 e. The Hall–Kier alpha value is -4.86. The molecule has 4 rings (SSSR count). The summed E-state index contributed by atoms with van der Waals surface area (Å²) in [5.41, 5.74) is -3.46. The molecule has 2 fully saturated rings. The van der Waals surface area contributed by atoms with Gasteiger partial charge in [-0.25, -0.2) is 16.8 Å². The third-order valence-corrected chi connectivity index (χ3v) is 13.5. The molecule has 2 aromatic rings. The zero-order valence-electron chi connectivity index (χ0n) is 30.3. The van der Waals surface area contributed by atoms with Gasteiger partial charge >= 0.3 is 11.9 Å². The molecule has 0 spiro atoms. The fourth-order valence-electron chi connectivity index (χ4n) is 6.38. The molecule has 0 aromatic heterocycles. The molecule has 0 unspecified atom stereocenters. The Morgan fingerprint density at radius 1 is 0.604 bits per heavy atom. The van der Waals surface area contributed by atoms with Crippen LogP contribution in [0.2, 0.25) is 0 Å². The summed E-state index contributed by atoms with van der Waals surface area (Å²) in [7, 11) is -8.34. The van der Waals surface area contributed by atoms with Crippen LogP contribution in [-0.4, -0.2) is 101 Å². The van der Waals surface area contributed by atoms with E-state index in [4.69, 9.17) is 14.2 Å². The van der Waals surface area contributed by atoms with E-state index in [1.165, 1.54) is 72.2 Å². The zero-order chi connectivity index (χ0) is 38.9. The highest BCUT2D eigenvalue weighted by atomic mass is 32.2. The molecule has 284 valence electrons. The quantitative estimate of drug-likeness (QED) is 0.177. The Kier molecular flexibility index (Phi) is 13.4. The van der Waals surface area contributed by atoms with Crippen molar-refractivity contribution >= 4 is 43.4 Å². The van der Waals surface area contributed by atoms with Crippen LogP contribution >= 0.6 is 0 Å². The summed E-state index contributed by atoms with van der Waals surface area (Å²) in [4.78, 5) is 55.4. The number of likely N-dealkylation sites (tertiary alicyclic amines) is 2. The van der Waals surface area contributed by atoms with E-state index in [1.807, 2.05) is 0 Å². The maximum atomic E-state index is 14.2. The van der Waals surface area contributed by atoms with Gasteiger partial charge in [-0.1, -0.05) is 11.8 Å². The molecule has 15 heteroatoms. The molecule has 2 saturated heterocycles. The average Bonchev–Trinajstić information content (AvgIpc) is 3.12. The third kappa shape index (κ3) is 10.2. The van der Waals surface area contributed by atoms with Crippen molar-refractivity contribution in [2.24, 2.45) is 10.8 Å². The van der Waals surface area contributed by atoms with E-state index in [1.54, 1.807) is 13.8 Å². The van der Waals surface area contributed by atoms with Gasteiger partial charge in [0.15, 0.2) is 19.7 Å². The lowest BCUT2D eigenvalue weighted by Crippen LogP contribution is -2.53. The monoisotopic (exact) mass is 768 g/mol. The van der Waals surface area contributed by atoms with E-state index in [0.717, 1.165) is 0 Å². The number of piperidine rings is 2. The van der Waals surface area contributed by atoms with Crippen LogP contribution in [0, 0.1) is 34.5 Å². The number of hydrogen-bond donors (Lipinski definition) is 0. The molecule has 0 saturated carbocycles. The van der Waals surface area contributed by atoms with Crippen LogP contribution in [0.15, 0.2) is 58.3 Å². The van der Waals surface area contributed by atoms with Crippen LogP contribution < -0.4 is 9.47 Å². The van der Waals surface area contributed by atoms with Crippen molar-refractivity contribution in [2.75, 3.05) is 50.9 Å². The standard InChI is InChI=1S/C38H44N2O11S2/c1-5-7-25-49-31-9-13-33(14-10-31)52(45,46)27-37(17-21-39(22-18-37)29(3)41)35(43)51-36(44)38(19-23-40(24-20-38)30(4)42)28-53(47,48)34-15-11-32(12-16-34)50-26-8-6-2/h9-16H,17-28H2,1-4H3. The van der Waals surface area contributed by atoms with Gasteiger partial charge in [0.05, 0.1) is 32.1 Å². The van der Waals surface area contributed by atoms with Gasteiger partial charge in [-0.3, -0.25) is 19.2 Å². The maximum absolute atomic E-state index is 14.2. The first-order valence-corrected chi connectivity index (χ1v) is 20.4. The molecule has 2 aliphatic heterocycles. The molecule has 0 N–H and O–H groups in total.